The normalized spacial score (nSPS) is 9.53. The quantitative estimate of drug-likeness (QED) is 0.813. The Morgan fingerprint density at radius 2 is 2.33 bits per heavy atom. The van der Waals surface area contributed by atoms with E-state index in [1.54, 1.807) is 30.6 Å². The number of nitrogens with one attached hydrogen (secondary N) is 1. The number of rotatable bonds is 3. The lowest BCUT2D eigenvalue weighted by Gasteiger charge is -2.01. The van der Waals surface area contributed by atoms with E-state index in [9.17, 15) is 0 Å². The fourth-order valence-corrected chi connectivity index (χ4v) is 1.11. The zero-order valence-corrected chi connectivity index (χ0v) is 7.84. The third-order valence-electron chi connectivity index (χ3n) is 1.82. The highest BCUT2D eigenvalue weighted by molar-refractivity contribution is 5.42. The minimum Gasteiger partial charge on any atom is -0.363 e. The van der Waals surface area contributed by atoms with Crippen molar-refractivity contribution in [1.29, 1.82) is 5.26 Å². The predicted molar refractivity (Wildman–Crippen MR) is 52.8 cm³/mol. The van der Waals surface area contributed by atoms with Crippen molar-refractivity contribution in [2.75, 3.05) is 5.32 Å². The molecular weight excluding hydrogens is 192 g/mol. The Bertz CT molecular complexity index is 472. The summed E-state index contributed by atoms with van der Waals surface area (Å²) in [5.41, 5.74) is 0.574. The lowest BCUT2D eigenvalue weighted by molar-refractivity contribution is 0.388. The summed E-state index contributed by atoms with van der Waals surface area (Å²) in [4.78, 5) is 4.06. The van der Waals surface area contributed by atoms with Gasteiger partial charge in [0.05, 0.1) is 24.4 Å². The average Bonchev–Trinajstić information content (AvgIpc) is 2.79. The molecule has 2 aromatic heterocycles. The lowest BCUT2D eigenvalue weighted by Crippen LogP contribution is -2.00. The second-order valence-corrected chi connectivity index (χ2v) is 2.87. The first-order valence-electron chi connectivity index (χ1n) is 4.38. The van der Waals surface area contributed by atoms with Crippen LogP contribution in [0.5, 0.6) is 0 Å². The third-order valence-corrected chi connectivity index (χ3v) is 1.82. The summed E-state index contributed by atoms with van der Waals surface area (Å²) in [5, 5.41) is 15.3. The summed E-state index contributed by atoms with van der Waals surface area (Å²) >= 11 is 0. The van der Waals surface area contributed by atoms with Gasteiger partial charge in [0.15, 0.2) is 5.76 Å². The van der Waals surface area contributed by atoms with Crippen molar-refractivity contribution < 1.29 is 4.52 Å². The van der Waals surface area contributed by atoms with Gasteiger partial charge in [-0.25, -0.2) is 4.98 Å². The fourth-order valence-electron chi connectivity index (χ4n) is 1.11. The molecule has 0 saturated carbocycles. The van der Waals surface area contributed by atoms with Gasteiger partial charge in [-0.15, -0.1) is 0 Å². The Morgan fingerprint density at radius 1 is 1.40 bits per heavy atom. The van der Waals surface area contributed by atoms with Crippen LogP contribution in [-0.4, -0.2) is 10.1 Å². The maximum absolute atomic E-state index is 8.68. The molecule has 0 aromatic carbocycles. The van der Waals surface area contributed by atoms with Crippen molar-refractivity contribution >= 4 is 5.82 Å². The van der Waals surface area contributed by atoms with E-state index < -0.39 is 0 Å². The first kappa shape index (κ1) is 9.21. The van der Waals surface area contributed by atoms with Crippen LogP contribution in [0.1, 0.15) is 11.3 Å². The number of aromatic nitrogens is 2. The molecule has 2 rings (SSSR count). The minimum atomic E-state index is 0.502. The molecule has 5 heteroatoms. The van der Waals surface area contributed by atoms with Crippen LogP contribution in [0, 0.1) is 11.3 Å². The Morgan fingerprint density at radius 3 is 3.07 bits per heavy atom. The number of anilines is 1. The van der Waals surface area contributed by atoms with Gasteiger partial charge in [-0.2, -0.15) is 5.26 Å². The van der Waals surface area contributed by atoms with Gasteiger partial charge in [-0.1, -0.05) is 5.16 Å². The van der Waals surface area contributed by atoms with Crippen LogP contribution < -0.4 is 5.32 Å². The SMILES string of the molecule is N#Cc1ccnc(NCc2ccno2)c1. The smallest absolute Gasteiger partial charge is 0.155 e. The molecule has 0 aliphatic rings. The van der Waals surface area contributed by atoms with Crippen molar-refractivity contribution in [3.63, 3.8) is 0 Å². The van der Waals surface area contributed by atoms with Crippen LogP contribution >= 0.6 is 0 Å². The maximum Gasteiger partial charge on any atom is 0.155 e. The van der Waals surface area contributed by atoms with Gasteiger partial charge in [0.1, 0.15) is 5.82 Å². The van der Waals surface area contributed by atoms with E-state index in [-0.39, 0.29) is 0 Å². The number of nitriles is 1. The molecule has 1 N–H and O–H groups in total. The van der Waals surface area contributed by atoms with Crippen molar-refractivity contribution in [2.24, 2.45) is 0 Å². The van der Waals surface area contributed by atoms with Gasteiger partial charge < -0.3 is 9.84 Å². The molecule has 15 heavy (non-hydrogen) atoms. The van der Waals surface area contributed by atoms with Gasteiger partial charge in [0.25, 0.3) is 0 Å². The van der Waals surface area contributed by atoms with E-state index >= 15 is 0 Å². The molecule has 74 valence electrons. The molecule has 5 nitrogen and oxygen atoms in total. The standard InChI is InChI=1S/C10H8N4O/c11-6-8-1-3-12-10(5-8)13-7-9-2-4-14-15-9/h1-5H,7H2,(H,12,13). The van der Waals surface area contributed by atoms with E-state index in [1.165, 1.54) is 0 Å². The molecule has 0 fully saturated rings. The lowest BCUT2D eigenvalue weighted by atomic mass is 10.3. The highest BCUT2D eigenvalue weighted by Crippen LogP contribution is 2.07. The van der Waals surface area contributed by atoms with Crippen LogP contribution in [0.4, 0.5) is 5.82 Å². The highest BCUT2D eigenvalue weighted by atomic mass is 16.5. The fraction of sp³-hybridized carbons (Fsp3) is 0.100. The Hall–Kier alpha value is -2.35. The van der Waals surface area contributed by atoms with Gasteiger partial charge in [0.2, 0.25) is 0 Å². The predicted octanol–water partition coefficient (Wildman–Crippen LogP) is 1.55. The Labute approximate surface area is 86.3 Å². The Kier molecular flexibility index (Phi) is 2.61. The molecule has 2 aromatic rings. The van der Waals surface area contributed by atoms with Gasteiger partial charge >= 0.3 is 0 Å². The molecule has 0 saturated heterocycles. The van der Waals surface area contributed by atoms with E-state index in [2.05, 4.69) is 15.5 Å². The van der Waals surface area contributed by atoms with Crippen LogP contribution in [0.3, 0.4) is 0 Å². The van der Waals surface area contributed by atoms with Crippen LogP contribution in [0.15, 0.2) is 35.1 Å². The first-order valence-corrected chi connectivity index (χ1v) is 4.38. The van der Waals surface area contributed by atoms with E-state index in [4.69, 9.17) is 9.78 Å². The topological polar surface area (TPSA) is 74.7 Å². The van der Waals surface area contributed by atoms with Crippen molar-refractivity contribution in [2.45, 2.75) is 6.54 Å². The van der Waals surface area contributed by atoms with Gasteiger partial charge in [0, 0.05) is 12.3 Å². The zero-order valence-electron chi connectivity index (χ0n) is 7.84. The Balaban J connectivity index is 2.02. The summed E-state index contributed by atoms with van der Waals surface area (Å²) < 4.78 is 4.91. The van der Waals surface area contributed by atoms with Crippen molar-refractivity contribution in [3.8, 4) is 6.07 Å². The van der Waals surface area contributed by atoms with E-state index in [0.29, 0.717) is 17.9 Å². The summed E-state index contributed by atoms with van der Waals surface area (Å²) in [6.07, 6.45) is 3.16. The van der Waals surface area contributed by atoms with Crippen LogP contribution in [0.2, 0.25) is 0 Å². The largest absolute Gasteiger partial charge is 0.363 e. The summed E-state index contributed by atoms with van der Waals surface area (Å²) in [6, 6.07) is 7.14. The number of hydrogen-bond acceptors (Lipinski definition) is 5. The average molecular weight is 200 g/mol. The third kappa shape index (κ3) is 2.31. The van der Waals surface area contributed by atoms with E-state index in [1.807, 2.05) is 6.07 Å². The number of hydrogen-bond donors (Lipinski definition) is 1. The molecule has 0 spiro atoms. The molecular formula is C10H8N4O. The first-order chi connectivity index (χ1) is 7.38. The molecule has 0 bridgehead atoms. The van der Waals surface area contributed by atoms with E-state index in [0.717, 1.165) is 5.76 Å². The van der Waals surface area contributed by atoms with Crippen molar-refractivity contribution in [1.82, 2.24) is 10.1 Å². The molecule has 0 unspecified atom stereocenters. The molecule has 0 amide bonds. The van der Waals surface area contributed by atoms with Gasteiger partial charge in [-0.05, 0) is 12.1 Å². The van der Waals surface area contributed by atoms with Gasteiger partial charge in [-0.3, -0.25) is 0 Å². The molecule has 2 heterocycles. The minimum absolute atomic E-state index is 0.502. The highest BCUT2D eigenvalue weighted by Gasteiger charge is 1.98. The summed E-state index contributed by atoms with van der Waals surface area (Å²) in [7, 11) is 0. The maximum atomic E-state index is 8.68. The number of nitrogens with zero attached hydrogens (tertiary/aromatic N) is 3. The zero-order chi connectivity index (χ0) is 10.5. The number of pyridine rings is 1. The molecule has 0 aliphatic heterocycles. The van der Waals surface area contributed by atoms with Crippen LogP contribution in [-0.2, 0) is 6.54 Å². The summed E-state index contributed by atoms with van der Waals surface area (Å²) in [6.45, 7) is 0.502. The molecule has 0 radical (unpaired) electrons. The van der Waals surface area contributed by atoms with Crippen LogP contribution in [0.25, 0.3) is 0 Å². The summed E-state index contributed by atoms with van der Waals surface area (Å²) in [5.74, 6) is 1.37. The monoisotopic (exact) mass is 200 g/mol. The van der Waals surface area contributed by atoms with Crippen molar-refractivity contribution in [3.05, 3.63) is 41.9 Å². The second kappa shape index (κ2) is 4.24. The second-order valence-electron chi connectivity index (χ2n) is 2.87. The molecule has 0 atom stereocenters. The molecule has 0 aliphatic carbocycles.